The summed E-state index contributed by atoms with van der Waals surface area (Å²) in [5.41, 5.74) is 2.28. The Kier molecular flexibility index (Phi) is 5.41. The molecule has 0 fully saturated rings. The van der Waals surface area contributed by atoms with Crippen LogP contribution in [-0.2, 0) is 4.74 Å². The summed E-state index contributed by atoms with van der Waals surface area (Å²) < 4.78 is 10.4. The fourth-order valence-corrected chi connectivity index (χ4v) is 2.65. The van der Waals surface area contributed by atoms with Crippen molar-refractivity contribution in [3.05, 3.63) is 52.3 Å². The van der Waals surface area contributed by atoms with Crippen molar-refractivity contribution in [2.45, 2.75) is 33.8 Å². The molecule has 2 rings (SSSR count). The van der Waals surface area contributed by atoms with Crippen LogP contribution in [-0.4, -0.2) is 35.7 Å². The molecular weight excluding hydrogens is 322 g/mol. The van der Waals surface area contributed by atoms with Crippen molar-refractivity contribution in [1.29, 1.82) is 0 Å². The van der Waals surface area contributed by atoms with E-state index in [1.54, 1.807) is 45.0 Å². The molecule has 0 bridgehead atoms. The van der Waals surface area contributed by atoms with Gasteiger partial charge in [0.05, 0.1) is 18.4 Å². The van der Waals surface area contributed by atoms with E-state index in [-0.39, 0.29) is 11.6 Å². The van der Waals surface area contributed by atoms with Crippen LogP contribution in [0.3, 0.4) is 0 Å². The van der Waals surface area contributed by atoms with E-state index >= 15 is 0 Å². The Morgan fingerprint density at radius 3 is 2.44 bits per heavy atom. The number of benzene rings is 1. The Labute approximate surface area is 146 Å². The lowest BCUT2D eigenvalue weighted by atomic mass is 10.1. The zero-order chi connectivity index (χ0) is 18.7. The monoisotopic (exact) mass is 343 g/mol. The topological polar surface area (TPSA) is 85.5 Å². The first-order valence-electron chi connectivity index (χ1n) is 7.85. The van der Waals surface area contributed by atoms with E-state index in [1.807, 2.05) is 0 Å². The van der Waals surface area contributed by atoms with Gasteiger partial charge >= 0.3 is 5.97 Å². The maximum absolute atomic E-state index is 12.7. The average Bonchev–Trinajstić information content (AvgIpc) is 2.88. The molecule has 0 saturated carbocycles. The van der Waals surface area contributed by atoms with Gasteiger partial charge in [-0.15, -0.1) is 0 Å². The van der Waals surface area contributed by atoms with Crippen LogP contribution >= 0.6 is 0 Å². The number of ether oxygens (including phenoxy) is 2. The third-order valence-corrected chi connectivity index (χ3v) is 4.00. The van der Waals surface area contributed by atoms with Crippen molar-refractivity contribution < 1.29 is 23.9 Å². The Morgan fingerprint density at radius 2 is 1.84 bits per heavy atom. The van der Waals surface area contributed by atoms with Crippen LogP contribution in [0.5, 0.6) is 5.75 Å². The summed E-state index contributed by atoms with van der Waals surface area (Å²) in [6, 6.07) is 6.66. The molecule has 6 heteroatoms. The predicted octanol–water partition coefficient (Wildman–Crippen LogP) is 3.27. The van der Waals surface area contributed by atoms with Gasteiger partial charge in [0.2, 0.25) is 5.78 Å². The molecule has 0 spiro atoms. The second-order valence-electron chi connectivity index (χ2n) is 5.82. The first-order chi connectivity index (χ1) is 11.8. The summed E-state index contributed by atoms with van der Waals surface area (Å²) in [6.45, 7) is 6.48. The van der Waals surface area contributed by atoms with Crippen LogP contribution in [0.1, 0.15) is 56.3 Å². The SMILES string of the molecule is COC(=O)c1c(C)[nH]c(C(=O)[C@H](C)Oc2cccc(C(C)=O)c2)c1C. The van der Waals surface area contributed by atoms with Gasteiger partial charge in [0, 0.05) is 11.3 Å². The smallest absolute Gasteiger partial charge is 0.339 e. The van der Waals surface area contributed by atoms with Gasteiger partial charge in [0.1, 0.15) is 5.75 Å². The third kappa shape index (κ3) is 3.79. The zero-order valence-electron chi connectivity index (χ0n) is 14.9. The van der Waals surface area contributed by atoms with Gasteiger partial charge in [0.25, 0.3) is 0 Å². The number of carbonyl (C=O) groups is 3. The van der Waals surface area contributed by atoms with Crippen LogP contribution < -0.4 is 4.74 Å². The van der Waals surface area contributed by atoms with E-state index in [2.05, 4.69) is 4.98 Å². The molecule has 6 nitrogen and oxygen atoms in total. The minimum atomic E-state index is -0.788. The molecule has 0 aliphatic carbocycles. The van der Waals surface area contributed by atoms with E-state index in [1.165, 1.54) is 14.0 Å². The molecule has 2 aromatic rings. The van der Waals surface area contributed by atoms with Gasteiger partial charge in [-0.05, 0) is 45.4 Å². The number of aromatic nitrogens is 1. The van der Waals surface area contributed by atoms with E-state index in [0.717, 1.165) is 0 Å². The van der Waals surface area contributed by atoms with Crippen molar-refractivity contribution in [2.24, 2.45) is 0 Å². The number of nitrogens with one attached hydrogen (secondary N) is 1. The number of rotatable bonds is 6. The van der Waals surface area contributed by atoms with E-state index in [9.17, 15) is 14.4 Å². The summed E-state index contributed by atoms with van der Waals surface area (Å²) in [7, 11) is 1.30. The number of H-pyrrole nitrogens is 1. The lowest BCUT2D eigenvalue weighted by molar-refractivity contribution is 0.0599. The van der Waals surface area contributed by atoms with Crippen LogP contribution in [0, 0.1) is 13.8 Å². The molecule has 0 unspecified atom stereocenters. The number of aromatic amines is 1. The van der Waals surface area contributed by atoms with Crippen molar-refractivity contribution in [2.75, 3.05) is 7.11 Å². The number of aryl methyl sites for hydroxylation is 1. The van der Waals surface area contributed by atoms with Crippen LogP contribution in [0.15, 0.2) is 24.3 Å². The zero-order valence-corrected chi connectivity index (χ0v) is 14.9. The van der Waals surface area contributed by atoms with Crippen molar-refractivity contribution >= 4 is 17.5 Å². The number of ketones is 2. The van der Waals surface area contributed by atoms with Gasteiger partial charge < -0.3 is 14.5 Å². The van der Waals surface area contributed by atoms with Crippen LogP contribution in [0.4, 0.5) is 0 Å². The second kappa shape index (κ2) is 7.34. The molecule has 0 aliphatic heterocycles. The number of carbonyl (C=O) groups excluding carboxylic acids is 3. The van der Waals surface area contributed by atoms with Gasteiger partial charge in [-0.2, -0.15) is 0 Å². The van der Waals surface area contributed by atoms with E-state index < -0.39 is 12.1 Å². The van der Waals surface area contributed by atoms with Gasteiger partial charge in [-0.25, -0.2) is 4.79 Å². The Balaban J connectivity index is 2.25. The largest absolute Gasteiger partial charge is 0.482 e. The fourth-order valence-electron chi connectivity index (χ4n) is 2.65. The normalized spacial score (nSPS) is 11.7. The summed E-state index contributed by atoms with van der Waals surface area (Å²) in [5.74, 6) is -0.428. The average molecular weight is 343 g/mol. The molecule has 1 aromatic heterocycles. The van der Waals surface area contributed by atoms with E-state index in [4.69, 9.17) is 9.47 Å². The molecule has 1 aromatic carbocycles. The lowest BCUT2D eigenvalue weighted by Crippen LogP contribution is -2.25. The first kappa shape index (κ1) is 18.4. The Morgan fingerprint density at radius 1 is 1.16 bits per heavy atom. The number of esters is 1. The summed E-state index contributed by atoms with van der Waals surface area (Å²) in [6.07, 6.45) is -0.788. The molecule has 1 atom stereocenters. The highest BCUT2D eigenvalue weighted by Crippen LogP contribution is 2.22. The molecule has 1 N–H and O–H groups in total. The summed E-state index contributed by atoms with van der Waals surface area (Å²) in [5, 5.41) is 0. The molecule has 25 heavy (non-hydrogen) atoms. The number of hydrogen-bond donors (Lipinski definition) is 1. The highest BCUT2D eigenvalue weighted by molar-refractivity contribution is 6.03. The predicted molar refractivity (Wildman–Crippen MR) is 92.5 cm³/mol. The molecule has 1 heterocycles. The van der Waals surface area contributed by atoms with E-state index in [0.29, 0.717) is 33.8 Å². The Hall–Kier alpha value is -2.89. The second-order valence-corrected chi connectivity index (χ2v) is 5.82. The van der Waals surface area contributed by atoms with Crippen LogP contribution in [0.2, 0.25) is 0 Å². The highest BCUT2D eigenvalue weighted by atomic mass is 16.5. The minimum Gasteiger partial charge on any atom is -0.482 e. The molecular formula is C19H21NO5. The van der Waals surface area contributed by atoms with Crippen LogP contribution in [0.25, 0.3) is 0 Å². The quantitative estimate of drug-likeness (QED) is 0.643. The van der Waals surface area contributed by atoms with Crippen molar-refractivity contribution in [1.82, 2.24) is 4.98 Å². The van der Waals surface area contributed by atoms with Gasteiger partial charge in [-0.1, -0.05) is 12.1 Å². The standard InChI is InChI=1S/C19H21NO5/c1-10-16(19(23)24-5)11(2)20-17(10)18(22)13(4)25-15-8-6-7-14(9-15)12(3)21/h6-9,13,20H,1-5H3/t13-/m0/s1. The van der Waals surface area contributed by atoms with Crippen molar-refractivity contribution in [3.8, 4) is 5.75 Å². The lowest BCUT2D eigenvalue weighted by Gasteiger charge is -2.14. The highest BCUT2D eigenvalue weighted by Gasteiger charge is 2.26. The van der Waals surface area contributed by atoms with Crippen molar-refractivity contribution in [3.63, 3.8) is 0 Å². The maximum Gasteiger partial charge on any atom is 0.339 e. The van der Waals surface area contributed by atoms with Gasteiger partial charge in [-0.3, -0.25) is 9.59 Å². The molecule has 0 amide bonds. The third-order valence-electron chi connectivity index (χ3n) is 4.00. The minimum absolute atomic E-state index is 0.0806. The maximum atomic E-state index is 12.7. The summed E-state index contributed by atoms with van der Waals surface area (Å²) in [4.78, 5) is 38.9. The molecule has 0 saturated heterocycles. The number of Topliss-reactive ketones (excluding diaryl/α,β-unsaturated/α-hetero) is 2. The van der Waals surface area contributed by atoms with Gasteiger partial charge in [0.15, 0.2) is 11.9 Å². The molecule has 0 aliphatic rings. The molecule has 132 valence electrons. The summed E-state index contributed by atoms with van der Waals surface area (Å²) >= 11 is 0. The number of methoxy groups -OCH3 is 1. The number of hydrogen-bond acceptors (Lipinski definition) is 5. The molecule has 0 radical (unpaired) electrons. The Bertz CT molecular complexity index is 834. The first-order valence-corrected chi connectivity index (χ1v) is 7.85. The fraction of sp³-hybridized carbons (Fsp3) is 0.316.